The van der Waals surface area contributed by atoms with Gasteiger partial charge in [0.25, 0.3) is 5.91 Å². The van der Waals surface area contributed by atoms with E-state index in [4.69, 9.17) is 33.0 Å². The number of nitrogens with zero attached hydrogens (tertiary/aromatic N) is 2. The van der Waals surface area contributed by atoms with Gasteiger partial charge in [-0.05, 0) is 19.1 Å². The van der Waals surface area contributed by atoms with E-state index in [2.05, 4.69) is 4.98 Å². The Kier molecular flexibility index (Phi) is 4.62. The highest BCUT2D eigenvalue weighted by Gasteiger charge is 2.29. The van der Waals surface area contributed by atoms with Gasteiger partial charge in [0.2, 0.25) is 0 Å². The van der Waals surface area contributed by atoms with Crippen molar-refractivity contribution >= 4 is 29.1 Å². The normalized spacial score (nSPS) is 23.5. The molecule has 2 rings (SSSR count). The predicted molar refractivity (Wildman–Crippen MR) is 71.6 cm³/mol. The third-order valence-electron chi connectivity index (χ3n) is 2.86. The van der Waals surface area contributed by atoms with Gasteiger partial charge in [-0.25, -0.2) is 4.98 Å². The molecule has 19 heavy (non-hydrogen) atoms. The van der Waals surface area contributed by atoms with E-state index in [-0.39, 0.29) is 35.0 Å². The summed E-state index contributed by atoms with van der Waals surface area (Å²) in [7, 11) is 0. The number of hydrogen-bond acceptors (Lipinski definition) is 4. The molecule has 2 atom stereocenters. The maximum Gasteiger partial charge on any atom is 0.257 e. The van der Waals surface area contributed by atoms with Crippen LogP contribution in [0.2, 0.25) is 10.3 Å². The zero-order chi connectivity index (χ0) is 14.0. The average Bonchev–Trinajstić information content (AvgIpc) is 2.37. The third-order valence-corrected chi connectivity index (χ3v) is 3.36. The van der Waals surface area contributed by atoms with Crippen LogP contribution in [0.15, 0.2) is 12.1 Å². The molecular formula is C12H14Cl2N2O3. The summed E-state index contributed by atoms with van der Waals surface area (Å²) in [6, 6.07) is 3.07. The summed E-state index contributed by atoms with van der Waals surface area (Å²) in [5.41, 5.74) is 0.303. The van der Waals surface area contributed by atoms with Crippen LogP contribution < -0.4 is 0 Å². The summed E-state index contributed by atoms with van der Waals surface area (Å²) in [5, 5.41) is 9.47. The van der Waals surface area contributed by atoms with Crippen LogP contribution in [-0.4, -0.2) is 52.8 Å². The highest BCUT2D eigenvalue weighted by atomic mass is 35.5. The smallest absolute Gasteiger partial charge is 0.257 e. The minimum Gasteiger partial charge on any atom is -0.394 e. The Balaban J connectivity index is 2.18. The standard InChI is InChI=1S/C12H14Cl2N2O3/c1-7-4-16(5-8(6-17)19-7)12(18)9-2-3-10(13)15-11(9)14/h2-3,7-8,17H,4-6H2,1H3. The molecule has 1 fully saturated rings. The second-order valence-corrected chi connectivity index (χ2v) is 5.18. The lowest BCUT2D eigenvalue weighted by Gasteiger charge is -2.36. The molecule has 0 saturated carbocycles. The minimum atomic E-state index is -0.369. The first-order valence-corrected chi connectivity index (χ1v) is 6.64. The molecule has 1 aromatic rings. The van der Waals surface area contributed by atoms with Crippen molar-refractivity contribution in [1.29, 1.82) is 0 Å². The zero-order valence-electron chi connectivity index (χ0n) is 10.3. The van der Waals surface area contributed by atoms with Gasteiger partial charge >= 0.3 is 0 Å². The number of carbonyl (C=O) groups is 1. The summed E-state index contributed by atoms with van der Waals surface area (Å²) in [4.78, 5) is 17.8. The molecule has 1 aliphatic heterocycles. The number of halogens is 2. The average molecular weight is 305 g/mol. The van der Waals surface area contributed by atoms with E-state index in [1.54, 1.807) is 11.0 Å². The number of amides is 1. The van der Waals surface area contributed by atoms with Gasteiger partial charge in [0.15, 0.2) is 0 Å². The summed E-state index contributed by atoms with van der Waals surface area (Å²) in [6.45, 7) is 2.51. The van der Waals surface area contributed by atoms with Crippen LogP contribution in [0, 0.1) is 0 Å². The van der Waals surface area contributed by atoms with Gasteiger partial charge in [-0.3, -0.25) is 4.79 Å². The number of pyridine rings is 1. The summed E-state index contributed by atoms with van der Waals surface area (Å²) in [5.74, 6) is -0.234. The molecule has 2 unspecified atom stereocenters. The molecular weight excluding hydrogens is 291 g/mol. The molecule has 0 bridgehead atoms. The van der Waals surface area contributed by atoms with Crippen molar-refractivity contribution in [2.24, 2.45) is 0 Å². The van der Waals surface area contributed by atoms with Crippen LogP contribution in [0.4, 0.5) is 0 Å². The Labute approximate surface area is 121 Å². The summed E-state index contributed by atoms with van der Waals surface area (Å²) in [6.07, 6.45) is -0.499. The van der Waals surface area contributed by atoms with E-state index >= 15 is 0 Å². The van der Waals surface area contributed by atoms with E-state index in [9.17, 15) is 4.79 Å². The highest BCUT2D eigenvalue weighted by Crippen LogP contribution is 2.20. The van der Waals surface area contributed by atoms with E-state index < -0.39 is 0 Å². The molecule has 0 aromatic carbocycles. The molecule has 7 heteroatoms. The number of aliphatic hydroxyl groups excluding tert-OH is 1. The quantitative estimate of drug-likeness (QED) is 0.843. The highest BCUT2D eigenvalue weighted by molar-refractivity contribution is 6.34. The van der Waals surface area contributed by atoms with E-state index in [1.807, 2.05) is 6.92 Å². The van der Waals surface area contributed by atoms with Crippen molar-refractivity contribution in [3.8, 4) is 0 Å². The van der Waals surface area contributed by atoms with E-state index in [0.717, 1.165) is 0 Å². The minimum absolute atomic E-state index is 0.0807. The monoisotopic (exact) mass is 304 g/mol. The van der Waals surface area contributed by atoms with Crippen LogP contribution in [0.3, 0.4) is 0 Å². The predicted octanol–water partition coefficient (Wildman–Crippen LogP) is 1.61. The lowest BCUT2D eigenvalue weighted by atomic mass is 10.2. The summed E-state index contributed by atoms with van der Waals surface area (Å²) < 4.78 is 5.49. The maximum absolute atomic E-state index is 12.4. The Morgan fingerprint density at radius 3 is 2.89 bits per heavy atom. The number of hydrogen-bond donors (Lipinski definition) is 1. The molecule has 1 aromatic heterocycles. The van der Waals surface area contributed by atoms with Crippen LogP contribution in [0.1, 0.15) is 17.3 Å². The van der Waals surface area contributed by atoms with E-state index in [0.29, 0.717) is 18.7 Å². The molecule has 5 nitrogen and oxygen atoms in total. The van der Waals surface area contributed by atoms with Gasteiger partial charge in [0, 0.05) is 13.1 Å². The van der Waals surface area contributed by atoms with Crippen molar-refractivity contribution in [3.05, 3.63) is 28.0 Å². The first-order chi connectivity index (χ1) is 9.01. The first kappa shape index (κ1) is 14.5. The number of ether oxygens (including phenoxy) is 1. The Bertz CT molecular complexity index is 484. The van der Waals surface area contributed by atoms with Crippen LogP contribution in [0.5, 0.6) is 0 Å². The van der Waals surface area contributed by atoms with Gasteiger partial charge < -0.3 is 14.7 Å². The molecule has 2 heterocycles. The molecule has 1 aliphatic rings. The van der Waals surface area contributed by atoms with Crippen molar-refractivity contribution in [1.82, 2.24) is 9.88 Å². The Hall–Kier alpha value is -0.880. The lowest BCUT2D eigenvalue weighted by molar-refractivity contribution is -0.0858. The number of morpholine rings is 1. The Morgan fingerprint density at radius 2 is 2.26 bits per heavy atom. The van der Waals surface area contributed by atoms with Gasteiger partial charge in [0.1, 0.15) is 10.3 Å². The fourth-order valence-corrected chi connectivity index (χ4v) is 2.48. The van der Waals surface area contributed by atoms with Crippen LogP contribution >= 0.6 is 23.2 Å². The number of rotatable bonds is 2. The molecule has 0 spiro atoms. The third kappa shape index (κ3) is 3.36. The SMILES string of the molecule is CC1CN(C(=O)c2ccc(Cl)nc2Cl)CC(CO)O1. The van der Waals surface area contributed by atoms with Crippen molar-refractivity contribution < 1.29 is 14.6 Å². The van der Waals surface area contributed by atoms with Crippen molar-refractivity contribution in [3.63, 3.8) is 0 Å². The lowest BCUT2D eigenvalue weighted by Crippen LogP contribution is -2.50. The summed E-state index contributed by atoms with van der Waals surface area (Å²) >= 11 is 11.6. The molecule has 0 aliphatic carbocycles. The van der Waals surface area contributed by atoms with Crippen LogP contribution in [-0.2, 0) is 4.74 Å². The number of carbonyl (C=O) groups excluding carboxylic acids is 1. The molecule has 1 N–H and O–H groups in total. The molecule has 1 saturated heterocycles. The fourth-order valence-electron chi connectivity index (χ4n) is 2.05. The number of aliphatic hydroxyl groups is 1. The molecule has 1 amide bonds. The number of aromatic nitrogens is 1. The van der Waals surface area contributed by atoms with Gasteiger partial charge in [0.05, 0.1) is 24.4 Å². The Morgan fingerprint density at radius 1 is 1.53 bits per heavy atom. The van der Waals surface area contributed by atoms with Crippen LogP contribution in [0.25, 0.3) is 0 Å². The maximum atomic E-state index is 12.4. The van der Waals surface area contributed by atoms with Gasteiger partial charge in [-0.2, -0.15) is 0 Å². The largest absolute Gasteiger partial charge is 0.394 e. The van der Waals surface area contributed by atoms with E-state index in [1.165, 1.54) is 6.07 Å². The molecule has 104 valence electrons. The zero-order valence-corrected chi connectivity index (χ0v) is 11.9. The van der Waals surface area contributed by atoms with Crippen molar-refractivity contribution in [2.45, 2.75) is 19.1 Å². The molecule has 0 radical (unpaired) electrons. The topological polar surface area (TPSA) is 62.7 Å². The van der Waals surface area contributed by atoms with Gasteiger partial charge in [-0.1, -0.05) is 23.2 Å². The van der Waals surface area contributed by atoms with Crippen molar-refractivity contribution in [2.75, 3.05) is 19.7 Å². The fraction of sp³-hybridized carbons (Fsp3) is 0.500. The van der Waals surface area contributed by atoms with Gasteiger partial charge in [-0.15, -0.1) is 0 Å². The second kappa shape index (κ2) is 6.05. The first-order valence-electron chi connectivity index (χ1n) is 5.89. The second-order valence-electron chi connectivity index (χ2n) is 4.43.